The lowest BCUT2D eigenvalue weighted by Gasteiger charge is -2.17. The Balaban J connectivity index is 2.07. The maximum absolute atomic E-state index is 13.7. The van der Waals surface area contributed by atoms with Gasteiger partial charge in [-0.15, -0.1) is 0 Å². The molecule has 0 atom stereocenters. The van der Waals surface area contributed by atoms with E-state index in [1.165, 1.54) is 18.2 Å². The highest BCUT2D eigenvalue weighted by Gasteiger charge is 2.14. The van der Waals surface area contributed by atoms with E-state index in [0.717, 1.165) is 36.5 Å². The van der Waals surface area contributed by atoms with Crippen molar-refractivity contribution in [3.05, 3.63) is 58.7 Å². The van der Waals surface area contributed by atoms with Crippen molar-refractivity contribution >= 4 is 23.6 Å². The number of aromatic nitrogens is 1. The molecule has 162 valence electrons. The third-order valence-electron chi connectivity index (χ3n) is 5.33. The molecule has 0 fully saturated rings. The van der Waals surface area contributed by atoms with Gasteiger partial charge in [0.1, 0.15) is 5.82 Å². The Kier molecular flexibility index (Phi) is 8.80. The third kappa shape index (κ3) is 6.03. The lowest BCUT2D eigenvalue weighted by Crippen LogP contribution is -2.34. The Labute approximate surface area is 177 Å². The predicted octanol–water partition coefficient (Wildman–Crippen LogP) is 3.75. The summed E-state index contributed by atoms with van der Waals surface area (Å²) in [5.74, 6) is -0.459. The van der Waals surface area contributed by atoms with Gasteiger partial charge < -0.3 is 20.5 Å². The molecule has 3 N–H and O–H groups in total. The summed E-state index contributed by atoms with van der Waals surface area (Å²) in [5, 5.41) is 5.57. The van der Waals surface area contributed by atoms with Crippen LogP contribution in [0.3, 0.4) is 0 Å². The first-order valence-corrected chi connectivity index (χ1v) is 10.2. The largest absolute Gasteiger partial charge is 0.364 e. The standard InChI is InChI=1S/C23H31FN4O2/c1-5-28(6-2)12-11-25-23(30)20-14-26-21(17(20)4)9-7-16(3)19-13-18(24)8-10-22(19)27-15-29/h7-8,10,13-15,26H,5-6,9,11-12H2,1-4H3,(H,25,30)(H,27,29)/b16-7+. The highest BCUT2D eigenvalue weighted by atomic mass is 19.1. The van der Waals surface area contributed by atoms with Crippen LogP contribution in [0.4, 0.5) is 10.1 Å². The number of hydrogen-bond donors (Lipinski definition) is 3. The first kappa shape index (κ1) is 23.3. The molecule has 0 saturated carbocycles. The maximum atomic E-state index is 13.7. The van der Waals surface area contributed by atoms with Crippen LogP contribution >= 0.6 is 0 Å². The van der Waals surface area contributed by atoms with Crippen molar-refractivity contribution < 1.29 is 14.0 Å². The minimum absolute atomic E-state index is 0.0922. The molecule has 2 amide bonds. The topological polar surface area (TPSA) is 77.2 Å². The molecule has 6 nitrogen and oxygen atoms in total. The number of halogens is 1. The summed E-state index contributed by atoms with van der Waals surface area (Å²) in [6.45, 7) is 11.3. The van der Waals surface area contributed by atoms with E-state index in [0.29, 0.717) is 36.2 Å². The number of anilines is 1. The van der Waals surface area contributed by atoms with Crippen LogP contribution in [0.5, 0.6) is 0 Å². The van der Waals surface area contributed by atoms with Gasteiger partial charge in [0.25, 0.3) is 5.91 Å². The van der Waals surface area contributed by atoms with Crippen LogP contribution in [0, 0.1) is 12.7 Å². The average Bonchev–Trinajstić information content (AvgIpc) is 3.11. The van der Waals surface area contributed by atoms with Crippen LogP contribution in [0.1, 0.15) is 48.0 Å². The van der Waals surface area contributed by atoms with Gasteiger partial charge in [-0.1, -0.05) is 19.9 Å². The Morgan fingerprint density at radius 3 is 2.63 bits per heavy atom. The van der Waals surface area contributed by atoms with E-state index in [1.807, 2.05) is 19.9 Å². The van der Waals surface area contributed by atoms with E-state index >= 15 is 0 Å². The normalized spacial score (nSPS) is 11.6. The number of aromatic amines is 1. The van der Waals surface area contributed by atoms with Gasteiger partial charge in [0.05, 0.1) is 5.56 Å². The van der Waals surface area contributed by atoms with Crippen LogP contribution in [0.25, 0.3) is 5.57 Å². The monoisotopic (exact) mass is 414 g/mol. The molecule has 2 aromatic rings. The molecule has 0 unspecified atom stereocenters. The Bertz CT molecular complexity index is 901. The van der Waals surface area contributed by atoms with Crippen molar-refractivity contribution in [2.24, 2.45) is 0 Å². The fourth-order valence-electron chi connectivity index (χ4n) is 3.35. The second kappa shape index (κ2) is 11.3. The van der Waals surface area contributed by atoms with Crippen LogP contribution in [0.15, 0.2) is 30.5 Å². The molecule has 0 bridgehead atoms. The van der Waals surface area contributed by atoms with Gasteiger partial charge in [-0.3, -0.25) is 9.59 Å². The number of rotatable bonds is 11. The molecule has 0 aliphatic heterocycles. The first-order valence-electron chi connectivity index (χ1n) is 10.2. The lowest BCUT2D eigenvalue weighted by atomic mass is 10.0. The Morgan fingerprint density at radius 2 is 1.97 bits per heavy atom. The van der Waals surface area contributed by atoms with Crippen LogP contribution < -0.4 is 10.6 Å². The molecule has 0 spiro atoms. The van der Waals surface area contributed by atoms with Crippen molar-refractivity contribution in [2.45, 2.75) is 34.1 Å². The molecule has 2 rings (SSSR count). The molecule has 1 aromatic carbocycles. The number of H-pyrrole nitrogens is 1. The minimum Gasteiger partial charge on any atom is -0.364 e. The number of carbonyl (C=O) groups is 2. The first-order chi connectivity index (χ1) is 14.4. The van der Waals surface area contributed by atoms with Gasteiger partial charge in [0.2, 0.25) is 6.41 Å². The second-order valence-electron chi connectivity index (χ2n) is 7.13. The fourth-order valence-corrected chi connectivity index (χ4v) is 3.35. The average molecular weight is 415 g/mol. The van der Waals surface area contributed by atoms with Gasteiger partial charge in [-0.2, -0.15) is 0 Å². The van der Waals surface area contributed by atoms with Crippen molar-refractivity contribution in [2.75, 3.05) is 31.5 Å². The molecular weight excluding hydrogens is 383 g/mol. The second-order valence-corrected chi connectivity index (χ2v) is 7.13. The number of amides is 2. The van der Waals surface area contributed by atoms with Gasteiger partial charge >= 0.3 is 0 Å². The summed E-state index contributed by atoms with van der Waals surface area (Å²) < 4.78 is 13.7. The van der Waals surface area contributed by atoms with Crippen LogP contribution in [0.2, 0.25) is 0 Å². The SMILES string of the molecule is CCN(CC)CCNC(=O)c1c[nH]c(C/C=C(\C)c2cc(F)ccc2NC=O)c1C. The zero-order valence-electron chi connectivity index (χ0n) is 18.1. The number of nitrogens with zero attached hydrogens (tertiary/aromatic N) is 1. The smallest absolute Gasteiger partial charge is 0.253 e. The zero-order chi connectivity index (χ0) is 22.1. The van der Waals surface area contributed by atoms with E-state index in [-0.39, 0.29) is 11.7 Å². The fraction of sp³-hybridized carbons (Fsp3) is 0.391. The molecule has 0 aliphatic rings. The van der Waals surface area contributed by atoms with Gasteiger partial charge in [0, 0.05) is 42.7 Å². The third-order valence-corrected chi connectivity index (χ3v) is 5.33. The Hall–Kier alpha value is -2.93. The predicted molar refractivity (Wildman–Crippen MR) is 119 cm³/mol. The zero-order valence-corrected chi connectivity index (χ0v) is 18.1. The van der Waals surface area contributed by atoms with Crippen molar-refractivity contribution in [1.82, 2.24) is 15.2 Å². The number of carbonyl (C=O) groups excluding carboxylic acids is 2. The lowest BCUT2D eigenvalue weighted by molar-refractivity contribution is -0.105. The van der Waals surface area contributed by atoms with Crippen molar-refractivity contribution in [1.29, 1.82) is 0 Å². The summed E-state index contributed by atoms with van der Waals surface area (Å²) in [5.41, 5.74) is 4.45. The molecule has 1 heterocycles. The van der Waals surface area contributed by atoms with E-state index in [9.17, 15) is 14.0 Å². The number of benzene rings is 1. The summed E-state index contributed by atoms with van der Waals surface area (Å²) in [6, 6.07) is 4.24. The summed E-state index contributed by atoms with van der Waals surface area (Å²) >= 11 is 0. The van der Waals surface area contributed by atoms with Crippen LogP contribution in [-0.4, -0.2) is 48.4 Å². The molecule has 0 saturated heterocycles. The van der Waals surface area contributed by atoms with E-state index in [1.54, 1.807) is 6.20 Å². The summed E-state index contributed by atoms with van der Waals surface area (Å²) in [6.07, 6.45) is 4.81. The maximum Gasteiger partial charge on any atom is 0.253 e. The summed E-state index contributed by atoms with van der Waals surface area (Å²) in [4.78, 5) is 28.7. The number of allylic oxidation sites excluding steroid dienone is 2. The van der Waals surface area contributed by atoms with E-state index in [2.05, 4.69) is 34.4 Å². The van der Waals surface area contributed by atoms with Crippen LogP contribution in [-0.2, 0) is 11.2 Å². The molecule has 0 aliphatic carbocycles. The van der Waals surface area contributed by atoms with Gasteiger partial charge in [0.15, 0.2) is 0 Å². The molecule has 0 radical (unpaired) electrons. The van der Waals surface area contributed by atoms with Gasteiger partial charge in [-0.25, -0.2) is 4.39 Å². The highest BCUT2D eigenvalue weighted by Crippen LogP contribution is 2.25. The molecule has 7 heteroatoms. The van der Waals surface area contributed by atoms with Crippen molar-refractivity contribution in [3.8, 4) is 0 Å². The number of nitrogens with one attached hydrogen (secondary N) is 3. The van der Waals surface area contributed by atoms with Crippen molar-refractivity contribution in [3.63, 3.8) is 0 Å². The van der Waals surface area contributed by atoms with E-state index < -0.39 is 0 Å². The quantitative estimate of drug-likeness (QED) is 0.490. The highest BCUT2D eigenvalue weighted by molar-refractivity contribution is 5.95. The molecule has 1 aromatic heterocycles. The Morgan fingerprint density at radius 1 is 1.23 bits per heavy atom. The minimum atomic E-state index is -0.367. The van der Waals surface area contributed by atoms with E-state index in [4.69, 9.17) is 0 Å². The molecular formula is C23H31FN4O2. The number of likely N-dealkylation sites (N-methyl/N-ethyl adjacent to an activating group) is 1. The number of hydrogen-bond acceptors (Lipinski definition) is 3. The van der Waals surface area contributed by atoms with Gasteiger partial charge in [-0.05, 0) is 56.3 Å². The molecule has 30 heavy (non-hydrogen) atoms. The summed E-state index contributed by atoms with van der Waals surface area (Å²) in [7, 11) is 0.